The Morgan fingerprint density at radius 2 is 1.96 bits per heavy atom. The molecule has 3 rings (SSSR count). The summed E-state index contributed by atoms with van der Waals surface area (Å²) in [6, 6.07) is 15.3. The summed E-state index contributed by atoms with van der Waals surface area (Å²) in [6.45, 7) is -0.120. The number of hydrogen-bond donors (Lipinski definition) is 1. The fourth-order valence-electron chi connectivity index (χ4n) is 2.13. The largest absolute Gasteiger partial charge is 0.483 e. The minimum atomic E-state index is -0.333. The van der Waals surface area contributed by atoms with Crippen molar-refractivity contribution in [3.63, 3.8) is 0 Å². The van der Waals surface area contributed by atoms with E-state index in [1.807, 2.05) is 36.4 Å². The van der Waals surface area contributed by atoms with Crippen LogP contribution < -0.4 is 10.2 Å². The molecule has 1 aromatic heterocycles. The number of nitrogens with zero attached hydrogens (tertiary/aromatic N) is 2. The Labute approximate surface area is 147 Å². The van der Waals surface area contributed by atoms with Crippen molar-refractivity contribution >= 4 is 38.8 Å². The monoisotopic (exact) mass is 383 g/mol. The Hall–Kier alpha value is -2.73. The number of fused-ring (bicyclic) bond motifs is 1. The summed E-state index contributed by atoms with van der Waals surface area (Å²) >= 11 is 3.52. The van der Waals surface area contributed by atoms with Gasteiger partial charge < -0.3 is 4.74 Å². The first-order valence-electron chi connectivity index (χ1n) is 7.26. The molecule has 0 bridgehead atoms. The van der Waals surface area contributed by atoms with Crippen molar-refractivity contribution in [1.29, 1.82) is 0 Å². The normalized spacial score (nSPS) is 10.9. The molecule has 24 heavy (non-hydrogen) atoms. The fraction of sp³-hybridized carbons (Fsp3) is 0.0556. The van der Waals surface area contributed by atoms with Crippen molar-refractivity contribution in [2.45, 2.75) is 0 Å². The van der Waals surface area contributed by atoms with E-state index in [-0.39, 0.29) is 12.5 Å². The third-order valence-corrected chi connectivity index (χ3v) is 4.11. The third kappa shape index (κ3) is 3.97. The van der Waals surface area contributed by atoms with Gasteiger partial charge in [-0.05, 0) is 50.5 Å². The van der Waals surface area contributed by atoms with Crippen molar-refractivity contribution in [3.05, 3.63) is 71.0 Å². The second kappa shape index (κ2) is 7.70. The van der Waals surface area contributed by atoms with Crippen LogP contribution in [0.1, 0.15) is 5.56 Å². The first kappa shape index (κ1) is 16.1. The van der Waals surface area contributed by atoms with E-state index in [1.54, 1.807) is 30.7 Å². The van der Waals surface area contributed by atoms with Crippen LogP contribution in [0.3, 0.4) is 0 Å². The lowest BCUT2D eigenvalue weighted by Crippen LogP contribution is -2.24. The summed E-state index contributed by atoms with van der Waals surface area (Å²) in [5.74, 6) is 0.280. The molecule has 0 atom stereocenters. The van der Waals surface area contributed by atoms with Crippen molar-refractivity contribution in [2.24, 2.45) is 5.10 Å². The molecule has 0 saturated heterocycles. The summed E-state index contributed by atoms with van der Waals surface area (Å²) in [7, 11) is 0. The van der Waals surface area contributed by atoms with Gasteiger partial charge in [0.2, 0.25) is 0 Å². The number of nitrogens with one attached hydrogen (secondary N) is 1. The van der Waals surface area contributed by atoms with E-state index in [2.05, 4.69) is 31.4 Å². The first-order chi connectivity index (χ1) is 11.7. The van der Waals surface area contributed by atoms with E-state index in [1.165, 1.54) is 0 Å². The average molecular weight is 384 g/mol. The number of rotatable bonds is 5. The van der Waals surface area contributed by atoms with Gasteiger partial charge in [0, 0.05) is 12.4 Å². The molecular weight excluding hydrogens is 370 g/mol. The number of carbonyl (C=O) groups is 1. The van der Waals surface area contributed by atoms with Crippen molar-refractivity contribution in [2.75, 3.05) is 6.61 Å². The number of halogens is 1. The van der Waals surface area contributed by atoms with E-state index in [4.69, 9.17) is 4.74 Å². The Bertz CT molecular complexity index is 882. The number of aromatic nitrogens is 1. The molecule has 1 N–H and O–H groups in total. The molecule has 5 nitrogen and oxygen atoms in total. The number of amides is 1. The summed E-state index contributed by atoms with van der Waals surface area (Å²) in [4.78, 5) is 15.7. The van der Waals surface area contributed by atoms with Gasteiger partial charge in [0.25, 0.3) is 5.91 Å². The Kier molecular flexibility index (Phi) is 5.18. The van der Waals surface area contributed by atoms with Crippen LogP contribution >= 0.6 is 15.9 Å². The van der Waals surface area contributed by atoms with Crippen molar-refractivity contribution < 1.29 is 9.53 Å². The first-order valence-corrected chi connectivity index (χ1v) is 8.05. The number of hydrogen-bond acceptors (Lipinski definition) is 4. The molecule has 0 radical (unpaired) electrons. The van der Waals surface area contributed by atoms with Crippen LogP contribution in [0.4, 0.5) is 0 Å². The van der Waals surface area contributed by atoms with Crippen LogP contribution in [0.2, 0.25) is 0 Å². The average Bonchev–Trinajstić information content (AvgIpc) is 2.62. The summed E-state index contributed by atoms with van der Waals surface area (Å²) in [5, 5.41) is 6.02. The molecule has 3 aromatic rings. The summed E-state index contributed by atoms with van der Waals surface area (Å²) < 4.78 is 6.39. The highest BCUT2D eigenvalue weighted by Gasteiger charge is 2.08. The minimum absolute atomic E-state index is 0.120. The van der Waals surface area contributed by atoms with Crippen molar-refractivity contribution in [1.82, 2.24) is 10.4 Å². The zero-order valence-electron chi connectivity index (χ0n) is 12.6. The molecule has 0 aliphatic carbocycles. The number of pyridine rings is 1. The zero-order chi connectivity index (χ0) is 16.8. The lowest BCUT2D eigenvalue weighted by molar-refractivity contribution is -0.123. The van der Waals surface area contributed by atoms with E-state index >= 15 is 0 Å². The predicted molar refractivity (Wildman–Crippen MR) is 97.1 cm³/mol. The maximum Gasteiger partial charge on any atom is 0.277 e. The van der Waals surface area contributed by atoms with E-state index < -0.39 is 0 Å². The molecule has 1 heterocycles. The Balaban J connectivity index is 1.58. The van der Waals surface area contributed by atoms with Gasteiger partial charge in [-0.3, -0.25) is 9.78 Å². The van der Waals surface area contributed by atoms with Gasteiger partial charge >= 0.3 is 0 Å². The SMILES string of the molecule is O=C(COc1ccc2ccccc2c1Br)N/N=C/c1ccncc1. The molecule has 0 spiro atoms. The minimum Gasteiger partial charge on any atom is -0.483 e. The number of ether oxygens (including phenoxy) is 1. The standard InChI is InChI=1S/C18H14BrN3O2/c19-18-15-4-2-1-3-14(15)5-6-16(18)24-12-17(23)22-21-11-13-7-9-20-10-8-13/h1-11H,12H2,(H,22,23)/b21-11+. The molecule has 0 unspecified atom stereocenters. The highest BCUT2D eigenvalue weighted by Crippen LogP contribution is 2.32. The van der Waals surface area contributed by atoms with Gasteiger partial charge in [0.1, 0.15) is 5.75 Å². The zero-order valence-corrected chi connectivity index (χ0v) is 14.2. The van der Waals surface area contributed by atoms with Gasteiger partial charge in [0.15, 0.2) is 6.61 Å². The topological polar surface area (TPSA) is 63.6 Å². The van der Waals surface area contributed by atoms with Gasteiger partial charge in [-0.2, -0.15) is 5.10 Å². The molecule has 2 aromatic carbocycles. The molecule has 1 amide bonds. The van der Waals surface area contributed by atoms with Crippen LogP contribution in [0.5, 0.6) is 5.75 Å². The van der Waals surface area contributed by atoms with E-state index in [0.29, 0.717) is 5.75 Å². The van der Waals surface area contributed by atoms with E-state index in [0.717, 1.165) is 20.8 Å². The third-order valence-electron chi connectivity index (χ3n) is 3.30. The fourth-order valence-corrected chi connectivity index (χ4v) is 2.74. The highest BCUT2D eigenvalue weighted by atomic mass is 79.9. The molecule has 120 valence electrons. The molecule has 0 aliphatic heterocycles. The van der Waals surface area contributed by atoms with E-state index in [9.17, 15) is 4.79 Å². The Morgan fingerprint density at radius 1 is 1.17 bits per heavy atom. The molecule has 6 heteroatoms. The van der Waals surface area contributed by atoms with Gasteiger partial charge in [-0.15, -0.1) is 0 Å². The maximum atomic E-state index is 11.8. The van der Waals surface area contributed by atoms with Crippen LogP contribution in [0, 0.1) is 0 Å². The summed E-state index contributed by atoms with van der Waals surface area (Å²) in [6.07, 6.45) is 4.86. The lowest BCUT2D eigenvalue weighted by atomic mass is 10.1. The lowest BCUT2D eigenvalue weighted by Gasteiger charge is -2.09. The molecule has 0 saturated carbocycles. The van der Waals surface area contributed by atoms with Crippen LogP contribution in [-0.4, -0.2) is 23.7 Å². The Morgan fingerprint density at radius 3 is 2.79 bits per heavy atom. The molecule has 0 aliphatic rings. The smallest absolute Gasteiger partial charge is 0.277 e. The second-order valence-electron chi connectivity index (χ2n) is 4.96. The number of hydrazone groups is 1. The second-order valence-corrected chi connectivity index (χ2v) is 5.75. The predicted octanol–water partition coefficient (Wildman–Crippen LogP) is 3.53. The maximum absolute atomic E-state index is 11.8. The van der Waals surface area contributed by atoms with Crippen molar-refractivity contribution in [3.8, 4) is 5.75 Å². The van der Waals surface area contributed by atoms with Gasteiger partial charge in [-0.25, -0.2) is 5.43 Å². The summed E-state index contributed by atoms with van der Waals surface area (Å²) in [5.41, 5.74) is 3.28. The molecule has 0 fully saturated rings. The van der Waals surface area contributed by atoms with Crippen LogP contribution in [0.25, 0.3) is 10.8 Å². The van der Waals surface area contributed by atoms with Crippen LogP contribution in [-0.2, 0) is 4.79 Å². The highest BCUT2D eigenvalue weighted by molar-refractivity contribution is 9.10. The number of carbonyl (C=O) groups excluding carboxylic acids is 1. The quantitative estimate of drug-likeness (QED) is 0.541. The van der Waals surface area contributed by atoms with Gasteiger partial charge in [-0.1, -0.05) is 30.3 Å². The number of benzene rings is 2. The van der Waals surface area contributed by atoms with Gasteiger partial charge in [0.05, 0.1) is 10.7 Å². The molecular formula is C18H14BrN3O2. The van der Waals surface area contributed by atoms with Crippen LogP contribution in [0.15, 0.2) is 70.5 Å².